The van der Waals surface area contributed by atoms with Gasteiger partial charge < -0.3 is 10.1 Å². The SMILES string of the molecule is CCNC(c1ccnc(C)c1)c1nccnc1OC. The van der Waals surface area contributed by atoms with Crippen LogP contribution >= 0.6 is 0 Å². The molecule has 0 aliphatic rings. The lowest BCUT2D eigenvalue weighted by molar-refractivity contribution is 0.383. The molecule has 19 heavy (non-hydrogen) atoms. The average molecular weight is 258 g/mol. The Labute approximate surface area is 113 Å². The van der Waals surface area contributed by atoms with Crippen LogP contribution in [0.15, 0.2) is 30.7 Å². The molecule has 1 N–H and O–H groups in total. The van der Waals surface area contributed by atoms with E-state index >= 15 is 0 Å². The van der Waals surface area contributed by atoms with Gasteiger partial charge in [0, 0.05) is 24.3 Å². The lowest BCUT2D eigenvalue weighted by Crippen LogP contribution is -2.24. The first-order chi connectivity index (χ1) is 9.26. The molecule has 2 aromatic heterocycles. The second kappa shape index (κ2) is 6.24. The van der Waals surface area contributed by atoms with Gasteiger partial charge in [0.05, 0.1) is 13.2 Å². The predicted molar refractivity (Wildman–Crippen MR) is 73.1 cm³/mol. The quantitative estimate of drug-likeness (QED) is 0.887. The molecule has 100 valence electrons. The predicted octanol–water partition coefficient (Wildman–Crippen LogP) is 1.89. The Morgan fingerprint density at radius 3 is 2.68 bits per heavy atom. The van der Waals surface area contributed by atoms with E-state index in [-0.39, 0.29) is 6.04 Å². The number of rotatable bonds is 5. The Balaban J connectivity index is 2.45. The van der Waals surface area contributed by atoms with E-state index in [2.05, 4.69) is 27.2 Å². The van der Waals surface area contributed by atoms with Crippen LogP contribution in [-0.2, 0) is 0 Å². The monoisotopic (exact) mass is 258 g/mol. The third kappa shape index (κ3) is 3.06. The summed E-state index contributed by atoms with van der Waals surface area (Å²) in [5.41, 5.74) is 2.87. The van der Waals surface area contributed by atoms with Crippen LogP contribution in [0, 0.1) is 6.92 Å². The molecule has 5 heteroatoms. The third-order valence-corrected chi connectivity index (χ3v) is 2.82. The van der Waals surface area contributed by atoms with Crippen LogP contribution in [0.4, 0.5) is 0 Å². The van der Waals surface area contributed by atoms with Gasteiger partial charge in [-0.25, -0.2) is 4.98 Å². The Morgan fingerprint density at radius 2 is 2.00 bits per heavy atom. The highest BCUT2D eigenvalue weighted by Crippen LogP contribution is 2.26. The fraction of sp³-hybridized carbons (Fsp3) is 0.357. The average Bonchev–Trinajstić information content (AvgIpc) is 2.45. The van der Waals surface area contributed by atoms with Gasteiger partial charge in [-0.15, -0.1) is 0 Å². The van der Waals surface area contributed by atoms with Crippen LogP contribution < -0.4 is 10.1 Å². The smallest absolute Gasteiger partial charge is 0.237 e. The number of ether oxygens (including phenoxy) is 1. The minimum Gasteiger partial charge on any atom is -0.480 e. The van der Waals surface area contributed by atoms with E-state index in [4.69, 9.17) is 4.74 Å². The van der Waals surface area contributed by atoms with E-state index in [0.717, 1.165) is 23.5 Å². The van der Waals surface area contributed by atoms with Gasteiger partial charge in [-0.1, -0.05) is 6.92 Å². The van der Waals surface area contributed by atoms with E-state index in [1.165, 1.54) is 0 Å². The maximum atomic E-state index is 5.30. The minimum absolute atomic E-state index is 0.0460. The molecule has 2 aromatic rings. The van der Waals surface area contributed by atoms with E-state index in [1.807, 2.05) is 19.1 Å². The fourth-order valence-corrected chi connectivity index (χ4v) is 2.01. The second-order valence-electron chi connectivity index (χ2n) is 4.17. The number of pyridine rings is 1. The minimum atomic E-state index is -0.0460. The summed E-state index contributed by atoms with van der Waals surface area (Å²) in [6.45, 7) is 4.86. The van der Waals surface area contributed by atoms with Gasteiger partial charge in [-0.2, -0.15) is 0 Å². The molecule has 2 heterocycles. The number of methoxy groups -OCH3 is 1. The highest BCUT2D eigenvalue weighted by Gasteiger charge is 2.19. The normalized spacial score (nSPS) is 12.2. The van der Waals surface area contributed by atoms with Crippen molar-refractivity contribution in [3.05, 3.63) is 47.7 Å². The standard InChI is InChI=1S/C14H18N4O/c1-4-15-12(11-5-6-16-10(2)9-11)13-14(19-3)18-8-7-17-13/h5-9,12,15H,4H2,1-3H3. The van der Waals surface area contributed by atoms with Gasteiger partial charge in [-0.05, 0) is 31.2 Å². The van der Waals surface area contributed by atoms with Crippen molar-refractivity contribution >= 4 is 0 Å². The Kier molecular flexibility index (Phi) is 4.41. The molecule has 2 rings (SSSR count). The molecule has 0 fully saturated rings. The summed E-state index contributed by atoms with van der Waals surface area (Å²) in [7, 11) is 1.61. The summed E-state index contributed by atoms with van der Waals surface area (Å²) in [4.78, 5) is 12.8. The zero-order valence-electron chi connectivity index (χ0n) is 11.4. The Hall–Kier alpha value is -2.01. The topological polar surface area (TPSA) is 59.9 Å². The molecule has 5 nitrogen and oxygen atoms in total. The van der Waals surface area contributed by atoms with Gasteiger partial charge in [-0.3, -0.25) is 9.97 Å². The number of nitrogens with zero attached hydrogens (tertiary/aromatic N) is 3. The number of aryl methyl sites for hydroxylation is 1. The van der Waals surface area contributed by atoms with Crippen molar-refractivity contribution in [1.82, 2.24) is 20.3 Å². The van der Waals surface area contributed by atoms with Crippen LogP contribution in [0.25, 0.3) is 0 Å². The van der Waals surface area contributed by atoms with Gasteiger partial charge in [0.25, 0.3) is 0 Å². The van der Waals surface area contributed by atoms with Crippen LogP contribution in [0.1, 0.15) is 29.9 Å². The van der Waals surface area contributed by atoms with E-state index in [9.17, 15) is 0 Å². The molecule has 0 aromatic carbocycles. The zero-order valence-corrected chi connectivity index (χ0v) is 11.4. The van der Waals surface area contributed by atoms with E-state index in [0.29, 0.717) is 5.88 Å². The molecule has 0 saturated heterocycles. The van der Waals surface area contributed by atoms with Crippen molar-refractivity contribution in [3.63, 3.8) is 0 Å². The van der Waals surface area contributed by atoms with E-state index in [1.54, 1.807) is 25.7 Å². The van der Waals surface area contributed by atoms with Gasteiger partial charge in [0.1, 0.15) is 5.69 Å². The van der Waals surface area contributed by atoms with Gasteiger partial charge in [0.15, 0.2) is 0 Å². The van der Waals surface area contributed by atoms with Crippen molar-refractivity contribution in [2.24, 2.45) is 0 Å². The molecular weight excluding hydrogens is 240 g/mol. The first-order valence-electron chi connectivity index (χ1n) is 6.27. The van der Waals surface area contributed by atoms with Crippen LogP contribution in [0.2, 0.25) is 0 Å². The summed E-state index contributed by atoms with van der Waals surface area (Å²) in [6.07, 6.45) is 5.11. The van der Waals surface area contributed by atoms with Crippen molar-refractivity contribution < 1.29 is 4.74 Å². The molecule has 0 amide bonds. The molecule has 1 unspecified atom stereocenters. The van der Waals surface area contributed by atoms with Gasteiger partial charge in [0.2, 0.25) is 5.88 Å². The summed E-state index contributed by atoms with van der Waals surface area (Å²) in [6, 6.07) is 3.98. The van der Waals surface area contributed by atoms with Crippen molar-refractivity contribution in [2.75, 3.05) is 13.7 Å². The molecular formula is C14H18N4O. The summed E-state index contributed by atoms with van der Waals surface area (Å²) in [5.74, 6) is 0.544. The summed E-state index contributed by atoms with van der Waals surface area (Å²) >= 11 is 0. The first kappa shape index (κ1) is 13.4. The fourth-order valence-electron chi connectivity index (χ4n) is 2.01. The molecule has 0 spiro atoms. The molecule has 0 radical (unpaired) electrons. The van der Waals surface area contributed by atoms with Crippen LogP contribution in [0.3, 0.4) is 0 Å². The highest BCUT2D eigenvalue weighted by atomic mass is 16.5. The number of hydrogen-bond acceptors (Lipinski definition) is 5. The number of hydrogen-bond donors (Lipinski definition) is 1. The van der Waals surface area contributed by atoms with Crippen LogP contribution in [0.5, 0.6) is 5.88 Å². The maximum Gasteiger partial charge on any atom is 0.237 e. The molecule has 0 saturated carbocycles. The second-order valence-corrected chi connectivity index (χ2v) is 4.17. The number of aromatic nitrogens is 3. The van der Waals surface area contributed by atoms with Crippen molar-refractivity contribution in [3.8, 4) is 5.88 Å². The molecule has 0 aliphatic heterocycles. The summed E-state index contributed by atoms with van der Waals surface area (Å²) < 4.78 is 5.30. The Morgan fingerprint density at radius 1 is 1.21 bits per heavy atom. The number of nitrogens with one attached hydrogen (secondary N) is 1. The summed E-state index contributed by atoms with van der Waals surface area (Å²) in [5, 5.41) is 3.41. The largest absolute Gasteiger partial charge is 0.480 e. The van der Waals surface area contributed by atoms with Gasteiger partial charge >= 0.3 is 0 Å². The molecule has 0 bridgehead atoms. The first-order valence-corrected chi connectivity index (χ1v) is 6.27. The Bertz CT molecular complexity index is 544. The molecule has 1 atom stereocenters. The van der Waals surface area contributed by atoms with Crippen molar-refractivity contribution in [2.45, 2.75) is 19.9 Å². The third-order valence-electron chi connectivity index (χ3n) is 2.82. The van der Waals surface area contributed by atoms with E-state index < -0.39 is 0 Å². The lowest BCUT2D eigenvalue weighted by atomic mass is 10.0. The van der Waals surface area contributed by atoms with Crippen LogP contribution in [-0.4, -0.2) is 28.6 Å². The maximum absolute atomic E-state index is 5.30. The zero-order chi connectivity index (χ0) is 13.7. The molecule has 0 aliphatic carbocycles. The lowest BCUT2D eigenvalue weighted by Gasteiger charge is -2.19. The van der Waals surface area contributed by atoms with Crippen molar-refractivity contribution in [1.29, 1.82) is 0 Å². The highest BCUT2D eigenvalue weighted by molar-refractivity contribution is 5.32.